The highest BCUT2D eigenvalue weighted by Gasteiger charge is 2.04. The Labute approximate surface area is 119 Å². The van der Waals surface area contributed by atoms with Crippen molar-refractivity contribution < 1.29 is 4.79 Å². The fourth-order valence-corrected chi connectivity index (χ4v) is 1.96. The molecule has 0 aliphatic carbocycles. The van der Waals surface area contributed by atoms with Crippen LogP contribution >= 0.6 is 0 Å². The first-order valence-corrected chi connectivity index (χ1v) is 7.05. The Morgan fingerprint density at radius 3 is 3.05 bits per heavy atom. The molecule has 1 amide bonds. The van der Waals surface area contributed by atoms with Crippen LogP contribution in [0, 0.1) is 5.92 Å². The van der Waals surface area contributed by atoms with Gasteiger partial charge in [-0.25, -0.2) is 4.52 Å². The van der Waals surface area contributed by atoms with Crippen LogP contribution in [-0.2, 0) is 11.3 Å². The summed E-state index contributed by atoms with van der Waals surface area (Å²) in [5.74, 6) is 0.594. The highest BCUT2D eigenvalue weighted by atomic mass is 16.1. The summed E-state index contributed by atoms with van der Waals surface area (Å²) in [6.07, 6.45) is 4.30. The van der Waals surface area contributed by atoms with Gasteiger partial charge in [0.1, 0.15) is 0 Å². The zero-order valence-electron chi connectivity index (χ0n) is 12.1. The van der Waals surface area contributed by atoms with E-state index in [2.05, 4.69) is 29.6 Å². The summed E-state index contributed by atoms with van der Waals surface area (Å²) in [7, 11) is 0. The molecule has 0 atom stereocenters. The number of aromatic nitrogens is 2. The lowest BCUT2D eigenvalue weighted by Crippen LogP contribution is -2.30. The third-order valence-corrected chi connectivity index (χ3v) is 3.06. The molecular formula is C15H22N4O. The largest absolute Gasteiger partial charge is 0.356 e. The first-order valence-electron chi connectivity index (χ1n) is 7.05. The molecule has 0 unspecified atom stereocenters. The van der Waals surface area contributed by atoms with Crippen LogP contribution in [0.4, 0.5) is 0 Å². The smallest absolute Gasteiger partial charge is 0.221 e. The van der Waals surface area contributed by atoms with Gasteiger partial charge in [-0.1, -0.05) is 19.9 Å². The van der Waals surface area contributed by atoms with E-state index in [-0.39, 0.29) is 5.91 Å². The maximum atomic E-state index is 11.6. The Morgan fingerprint density at radius 1 is 1.40 bits per heavy atom. The molecule has 108 valence electrons. The second-order valence-corrected chi connectivity index (χ2v) is 5.32. The van der Waals surface area contributed by atoms with E-state index in [1.165, 1.54) is 0 Å². The second-order valence-electron chi connectivity index (χ2n) is 5.32. The molecule has 0 bridgehead atoms. The molecule has 0 aromatic carbocycles. The maximum absolute atomic E-state index is 11.6. The Balaban J connectivity index is 1.72. The van der Waals surface area contributed by atoms with Crippen molar-refractivity contribution in [3.05, 3.63) is 36.2 Å². The number of rotatable bonds is 7. The number of hydrogen-bond donors (Lipinski definition) is 2. The summed E-state index contributed by atoms with van der Waals surface area (Å²) in [6, 6.07) is 6.00. The summed E-state index contributed by atoms with van der Waals surface area (Å²) in [5.41, 5.74) is 2.25. The number of pyridine rings is 1. The zero-order valence-corrected chi connectivity index (χ0v) is 12.1. The lowest BCUT2D eigenvalue weighted by atomic mass is 10.2. The molecule has 2 aromatic heterocycles. The fourth-order valence-electron chi connectivity index (χ4n) is 1.96. The fraction of sp³-hybridized carbons (Fsp3) is 0.467. The van der Waals surface area contributed by atoms with Gasteiger partial charge in [-0.15, -0.1) is 0 Å². The molecular weight excluding hydrogens is 252 g/mol. The standard InChI is InChI=1S/C15H22N4O/c1-12(2)9-17-15(20)6-7-16-10-13-11-18-19-8-4-3-5-14(13)19/h3-5,8,11-12,16H,6-7,9-10H2,1-2H3,(H,17,20). The van der Waals surface area contributed by atoms with E-state index in [1.807, 2.05) is 35.1 Å². The summed E-state index contributed by atoms with van der Waals surface area (Å²) in [4.78, 5) is 11.6. The normalized spacial score (nSPS) is 11.2. The van der Waals surface area contributed by atoms with Crippen LogP contribution < -0.4 is 10.6 Å². The first kappa shape index (κ1) is 14.5. The minimum Gasteiger partial charge on any atom is -0.356 e. The predicted molar refractivity (Wildman–Crippen MR) is 79.4 cm³/mol. The van der Waals surface area contributed by atoms with Gasteiger partial charge < -0.3 is 10.6 Å². The number of nitrogens with one attached hydrogen (secondary N) is 2. The van der Waals surface area contributed by atoms with E-state index in [1.54, 1.807) is 0 Å². The van der Waals surface area contributed by atoms with Crippen LogP contribution in [0.3, 0.4) is 0 Å². The Bertz CT molecular complexity index is 562. The highest BCUT2D eigenvalue weighted by molar-refractivity contribution is 5.76. The van der Waals surface area contributed by atoms with Crippen LogP contribution in [0.5, 0.6) is 0 Å². The monoisotopic (exact) mass is 274 g/mol. The van der Waals surface area contributed by atoms with Crippen molar-refractivity contribution in [3.63, 3.8) is 0 Å². The van der Waals surface area contributed by atoms with Crippen LogP contribution in [0.15, 0.2) is 30.6 Å². The molecule has 0 spiro atoms. The minimum absolute atomic E-state index is 0.103. The van der Waals surface area contributed by atoms with Crippen molar-refractivity contribution in [1.82, 2.24) is 20.2 Å². The van der Waals surface area contributed by atoms with Gasteiger partial charge in [0.25, 0.3) is 0 Å². The van der Waals surface area contributed by atoms with Crippen molar-refractivity contribution in [1.29, 1.82) is 0 Å². The second kappa shape index (κ2) is 7.05. The van der Waals surface area contributed by atoms with Crippen LogP contribution in [0.25, 0.3) is 5.52 Å². The quantitative estimate of drug-likeness (QED) is 0.754. The molecule has 5 heteroatoms. The molecule has 5 nitrogen and oxygen atoms in total. The van der Waals surface area contributed by atoms with Crippen LogP contribution in [0.1, 0.15) is 25.8 Å². The van der Waals surface area contributed by atoms with Crippen molar-refractivity contribution in [3.8, 4) is 0 Å². The molecule has 0 fully saturated rings. The molecule has 0 saturated carbocycles. The van der Waals surface area contributed by atoms with Crippen molar-refractivity contribution in [2.45, 2.75) is 26.8 Å². The molecule has 0 aliphatic rings. The van der Waals surface area contributed by atoms with E-state index in [0.29, 0.717) is 18.9 Å². The number of carbonyl (C=O) groups is 1. The number of hydrogen-bond acceptors (Lipinski definition) is 3. The van der Waals surface area contributed by atoms with Gasteiger partial charge in [0.2, 0.25) is 5.91 Å². The first-order chi connectivity index (χ1) is 9.66. The summed E-state index contributed by atoms with van der Waals surface area (Å²) in [5, 5.41) is 10.5. The van der Waals surface area contributed by atoms with Gasteiger partial charge >= 0.3 is 0 Å². The number of carbonyl (C=O) groups excluding carboxylic acids is 1. The third-order valence-electron chi connectivity index (χ3n) is 3.06. The summed E-state index contributed by atoms with van der Waals surface area (Å²) >= 11 is 0. The predicted octanol–water partition coefficient (Wildman–Crippen LogP) is 1.59. The molecule has 0 saturated heterocycles. The van der Waals surface area contributed by atoms with Gasteiger partial charge in [-0.05, 0) is 18.1 Å². The Morgan fingerprint density at radius 2 is 2.25 bits per heavy atom. The average molecular weight is 274 g/mol. The maximum Gasteiger partial charge on any atom is 0.221 e. The van der Waals surface area contributed by atoms with Gasteiger partial charge in [0, 0.05) is 37.8 Å². The van der Waals surface area contributed by atoms with Gasteiger partial charge in [-0.2, -0.15) is 5.10 Å². The molecule has 0 radical (unpaired) electrons. The van der Waals surface area contributed by atoms with E-state index < -0.39 is 0 Å². The van der Waals surface area contributed by atoms with Crippen LogP contribution in [-0.4, -0.2) is 28.6 Å². The third kappa shape index (κ3) is 4.06. The minimum atomic E-state index is 0.103. The highest BCUT2D eigenvalue weighted by Crippen LogP contribution is 2.09. The molecule has 2 rings (SSSR count). The van der Waals surface area contributed by atoms with E-state index in [4.69, 9.17) is 0 Å². The lowest BCUT2D eigenvalue weighted by Gasteiger charge is -2.08. The molecule has 2 heterocycles. The van der Waals surface area contributed by atoms with Crippen molar-refractivity contribution in [2.24, 2.45) is 5.92 Å². The Kier molecular flexibility index (Phi) is 5.12. The SMILES string of the molecule is CC(C)CNC(=O)CCNCc1cnn2ccccc12. The zero-order chi connectivity index (χ0) is 14.4. The lowest BCUT2D eigenvalue weighted by molar-refractivity contribution is -0.121. The van der Waals surface area contributed by atoms with Gasteiger partial charge in [0.05, 0.1) is 11.7 Å². The average Bonchev–Trinajstić information content (AvgIpc) is 2.85. The summed E-state index contributed by atoms with van der Waals surface area (Å²) < 4.78 is 1.85. The summed E-state index contributed by atoms with van der Waals surface area (Å²) in [6.45, 7) is 6.32. The van der Waals surface area contributed by atoms with Gasteiger partial charge in [0.15, 0.2) is 0 Å². The van der Waals surface area contributed by atoms with Gasteiger partial charge in [-0.3, -0.25) is 4.79 Å². The van der Waals surface area contributed by atoms with Crippen LogP contribution in [0.2, 0.25) is 0 Å². The number of fused-ring (bicyclic) bond motifs is 1. The molecule has 2 N–H and O–H groups in total. The molecule has 0 aliphatic heterocycles. The molecule has 2 aromatic rings. The molecule has 20 heavy (non-hydrogen) atoms. The van der Waals surface area contributed by atoms with Crippen molar-refractivity contribution >= 4 is 11.4 Å². The van der Waals surface area contributed by atoms with E-state index in [0.717, 1.165) is 24.2 Å². The number of nitrogens with zero attached hydrogens (tertiary/aromatic N) is 2. The number of amides is 1. The van der Waals surface area contributed by atoms with E-state index >= 15 is 0 Å². The Hall–Kier alpha value is -1.88. The topological polar surface area (TPSA) is 58.4 Å². The van der Waals surface area contributed by atoms with E-state index in [9.17, 15) is 4.79 Å². The van der Waals surface area contributed by atoms with Crippen molar-refractivity contribution in [2.75, 3.05) is 13.1 Å².